The summed E-state index contributed by atoms with van der Waals surface area (Å²) in [6, 6.07) is 15.5. The first-order chi connectivity index (χ1) is 17.7. The zero-order valence-corrected chi connectivity index (χ0v) is 21.2. The second kappa shape index (κ2) is 9.99. The van der Waals surface area contributed by atoms with Gasteiger partial charge in [0.05, 0.1) is 5.69 Å². The van der Waals surface area contributed by atoms with E-state index in [2.05, 4.69) is 70.2 Å². The van der Waals surface area contributed by atoms with Crippen molar-refractivity contribution in [1.29, 1.82) is 0 Å². The van der Waals surface area contributed by atoms with Crippen LogP contribution in [-0.2, 0) is 12.8 Å². The molecule has 4 nitrogen and oxygen atoms in total. The zero-order valence-electron chi connectivity index (χ0n) is 21.2. The number of hydrogen-bond donors (Lipinski definition) is 2. The van der Waals surface area contributed by atoms with E-state index in [1.807, 2.05) is 0 Å². The zero-order chi connectivity index (χ0) is 24.5. The highest BCUT2D eigenvalue weighted by Crippen LogP contribution is 2.42. The van der Waals surface area contributed by atoms with Crippen LogP contribution in [0.5, 0.6) is 0 Å². The molecule has 3 heterocycles. The van der Waals surface area contributed by atoms with Crippen molar-refractivity contribution >= 4 is 5.70 Å². The van der Waals surface area contributed by atoms with Gasteiger partial charge in [-0.2, -0.15) is 0 Å². The molecule has 0 bridgehead atoms. The molecule has 3 aromatic rings. The number of hydrogen-bond acceptors (Lipinski definition) is 3. The van der Waals surface area contributed by atoms with Crippen LogP contribution in [0.3, 0.4) is 0 Å². The molecule has 2 aromatic carbocycles. The van der Waals surface area contributed by atoms with Crippen LogP contribution in [0.4, 0.5) is 0 Å². The predicted molar refractivity (Wildman–Crippen MR) is 148 cm³/mol. The molecule has 2 aliphatic heterocycles. The Hall–Kier alpha value is -3.29. The molecule has 6 rings (SSSR count). The van der Waals surface area contributed by atoms with Gasteiger partial charge in [0.15, 0.2) is 0 Å². The smallest absolute Gasteiger partial charge is 0.138 e. The van der Waals surface area contributed by atoms with Crippen LogP contribution in [0.15, 0.2) is 49.0 Å². The molecule has 0 radical (unpaired) electrons. The highest BCUT2D eigenvalue weighted by molar-refractivity contribution is 5.71. The van der Waals surface area contributed by atoms with Gasteiger partial charge in [0.25, 0.3) is 0 Å². The van der Waals surface area contributed by atoms with Crippen LogP contribution in [0, 0.1) is 12.3 Å². The lowest BCUT2D eigenvalue weighted by atomic mass is 9.77. The Morgan fingerprint density at radius 1 is 0.972 bits per heavy atom. The summed E-state index contributed by atoms with van der Waals surface area (Å²) in [6.07, 6.45) is 13.7. The molecule has 3 aliphatic rings. The fraction of sp³-hybridized carbons (Fsp3) is 0.406. The van der Waals surface area contributed by atoms with Crippen LogP contribution < -0.4 is 5.32 Å². The molecule has 0 amide bonds. The molecule has 1 saturated carbocycles. The molecule has 0 unspecified atom stereocenters. The Bertz CT molecular complexity index is 1260. The van der Waals surface area contributed by atoms with Crippen molar-refractivity contribution < 1.29 is 0 Å². The van der Waals surface area contributed by atoms with Gasteiger partial charge in [0, 0.05) is 61.5 Å². The summed E-state index contributed by atoms with van der Waals surface area (Å²) in [4.78, 5) is 11.3. The maximum Gasteiger partial charge on any atom is 0.138 e. The summed E-state index contributed by atoms with van der Waals surface area (Å²) in [7, 11) is 0. The Kier molecular flexibility index (Phi) is 6.42. The van der Waals surface area contributed by atoms with Gasteiger partial charge in [-0.15, -0.1) is 6.42 Å². The molecule has 36 heavy (non-hydrogen) atoms. The summed E-state index contributed by atoms with van der Waals surface area (Å²) in [5.41, 5.74) is 9.98. The maximum absolute atomic E-state index is 5.53. The van der Waals surface area contributed by atoms with E-state index >= 15 is 0 Å². The van der Waals surface area contributed by atoms with E-state index in [1.165, 1.54) is 52.9 Å². The number of likely N-dealkylation sites (tertiary alicyclic amines) is 1. The van der Waals surface area contributed by atoms with E-state index in [-0.39, 0.29) is 0 Å². The second-order valence-corrected chi connectivity index (χ2v) is 10.7. The molecule has 1 saturated heterocycles. The molecular weight excluding hydrogens is 440 g/mol. The van der Waals surface area contributed by atoms with Gasteiger partial charge in [0.2, 0.25) is 0 Å². The highest BCUT2D eigenvalue weighted by atomic mass is 15.1. The number of fused-ring (bicyclic) bond motifs is 1. The lowest BCUT2D eigenvalue weighted by Crippen LogP contribution is -2.31. The summed E-state index contributed by atoms with van der Waals surface area (Å²) < 4.78 is 0. The number of piperidine rings is 1. The standard InChI is InChI=1S/C32H36N4/c1-3-23-7-9-24(10-8-23)25-15-19-36(20-16-25)22(2)27-11-12-28(26-5-4-6-26)29(21-27)32-34-30-13-17-33-18-14-31(30)35-32/h1,7-12,21,25-26,33H,2,4-6,13-20H2,(H,34,35). The number of benzene rings is 2. The van der Waals surface area contributed by atoms with Crippen LogP contribution >= 0.6 is 0 Å². The number of nitrogens with one attached hydrogen (secondary N) is 2. The van der Waals surface area contributed by atoms with Crippen molar-refractivity contribution in [2.24, 2.45) is 0 Å². The number of H-pyrrole nitrogens is 1. The SMILES string of the molecule is C#Cc1ccc(C2CCN(C(=C)c3ccc(C4CCC4)c(-c4nc5c([nH]4)CCNCC5)c3)CC2)cc1. The molecule has 1 aromatic heterocycles. The van der Waals surface area contributed by atoms with E-state index < -0.39 is 0 Å². The Labute approximate surface area is 215 Å². The van der Waals surface area contributed by atoms with Crippen LogP contribution in [0.2, 0.25) is 0 Å². The maximum atomic E-state index is 5.53. The van der Waals surface area contributed by atoms with Crippen LogP contribution in [0.25, 0.3) is 17.1 Å². The molecule has 1 aliphatic carbocycles. The molecule has 184 valence electrons. The van der Waals surface area contributed by atoms with Crippen molar-refractivity contribution in [1.82, 2.24) is 20.2 Å². The molecule has 0 atom stereocenters. The predicted octanol–water partition coefficient (Wildman–Crippen LogP) is 5.86. The third-order valence-corrected chi connectivity index (χ3v) is 8.57. The number of imidazole rings is 1. The van der Waals surface area contributed by atoms with Gasteiger partial charge >= 0.3 is 0 Å². The Balaban J connectivity index is 1.22. The number of terminal acetylenes is 1. The molecule has 2 N–H and O–H groups in total. The van der Waals surface area contributed by atoms with Crippen molar-refractivity contribution in [3.63, 3.8) is 0 Å². The summed E-state index contributed by atoms with van der Waals surface area (Å²) in [5.74, 6) is 5.01. The van der Waals surface area contributed by atoms with E-state index in [0.717, 1.165) is 68.9 Å². The number of rotatable bonds is 5. The number of nitrogens with zero attached hydrogens (tertiary/aromatic N) is 2. The average molecular weight is 477 g/mol. The Morgan fingerprint density at radius 3 is 2.47 bits per heavy atom. The minimum atomic E-state index is 0.588. The first-order valence-electron chi connectivity index (χ1n) is 13.6. The van der Waals surface area contributed by atoms with Crippen molar-refractivity contribution in [3.8, 4) is 23.7 Å². The molecular formula is C32H36N4. The summed E-state index contributed by atoms with van der Waals surface area (Å²) >= 11 is 0. The van der Waals surface area contributed by atoms with E-state index in [4.69, 9.17) is 11.4 Å². The van der Waals surface area contributed by atoms with E-state index in [9.17, 15) is 0 Å². The topological polar surface area (TPSA) is 44.0 Å². The summed E-state index contributed by atoms with van der Waals surface area (Å²) in [6.45, 7) is 8.64. The first kappa shape index (κ1) is 23.1. The van der Waals surface area contributed by atoms with Crippen molar-refractivity contribution in [3.05, 3.63) is 82.7 Å². The van der Waals surface area contributed by atoms with Crippen molar-refractivity contribution in [2.75, 3.05) is 26.2 Å². The van der Waals surface area contributed by atoms with Gasteiger partial charge in [-0.25, -0.2) is 4.98 Å². The first-order valence-corrected chi connectivity index (χ1v) is 13.6. The minimum absolute atomic E-state index is 0.588. The monoisotopic (exact) mass is 476 g/mol. The fourth-order valence-electron chi connectivity index (χ4n) is 6.06. The third kappa shape index (κ3) is 4.49. The van der Waals surface area contributed by atoms with Gasteiger partial charge in [-0.1, -0.05) is 43.2 Å². The summed E-state index contributed by atoms with van der Waals surface area (Å²) in [5, 5.41) is 3.48. The van der Waals surface area contributed by atoms with Gasteiger partial charge < -0.3 is 15.2 Å². The van der Waals surface area contributed by atoms with Crippen LogP contribution in [-0.4, -0.2) is 41.0 Å². The van der Waals surface area contributed by atoms with Gasteiger partial charge in [-0.3, -0.25) is 0 Å². The van der Waals surface area contributed by atoms with Gasteiger partial charge in [0.1, 0.15) is 5.82 Å². The number of aromatic nitrogens is 2. The lowest BCUT2D eigenvalue weighted by Gasteiger charge is -2.35. The average Bonchev–Trinajstić information content (AvgIpc) is 3.17. The second-order valence-electron chi connectivity index (χ2n) is 10.7. The molecule has 4 heteroatoms. The van der Waals surface area contributed by atoms with Crippen molar-refractivity contribution in [2.45, 2.75) is 56.8 Å². The van der Waals surface area contributed by atoms with E-state index in [1.54, 1.807) is 0 Å². The fourth-order valence-corrected chi connectivity index (χ4v) is 6.06. The minimum Gasteiger partial charge on any atom is -0.371 e. The third-order valence-electron chi connectivity index (χ3n) is 8.57. The normalized spacial score (nSPS) is 18.7. The molecule has 2 fully saturated rings. The quantitative estimate of drug-likeness (QED) is 0.453. The number of aromatic amines is 1. The van der Waals surface area contributed by atoms with E-state index in [0.29, 0.717) is 11.8 Å². The molecule has 0 spiro atoms. The van der Waals surface area contributed by atoms with Crippen LogP contribution in [0.1, 0.15) is 77.6 Å². The highest BCUT2D eigenvalue weighted by Gasteiger charge is 2.27. The largest absolute Gasteiger partial charge is 0.371 e. The van der Waals surface area contributed by atoms with Gasteiger partial charge in [-0.05, 0) is 72.4 Å². The lowest BCUT2D eigenvalue weighted by molar-refractivity contribution is 0.299. The Morgan fingerprint density at radius 2 is 1.75 bits per heavy atom.